The van der Waals surface area contributed by atoms with Gasteiger partial charge in [-0.3, -0.25) is 24.2 Å². The molecule has 0 bridgehead atoms. The van der Waals surface area contributed by atoms with E-state index in [1.54, 1.807) is 0 Å². The summed E-state index contributed by atoms with van der Waals surface area (Å²) in [5.41, 5.74) is 16.7. The van der Waals surface area contributed by atoms with Gasteiger partial charge in [-0.05, 0) is 37.5 Å². The third-order valence-electron chi connectivity index (χ3n) is 5.74. The number of hydrogen-bond acceptors (Lipinski definition) is 7. The number of aliphatic imine (C=N–C) groups is 1. The van der Waals surface area contributed by atoms with Crippen LogP contribution in [-0.4, -0.2) is 76.5 Å². The number of carbonyl (C=O) groups is 5. The lowest BCUT2D eigenvalue weighted by Gasteiger charge is -2.26. The third-order valence-corrected chi connectivity index (χ3v) is 5.74. The van der Waals surface area contributed by atoms with Gasteiger partial charge >= 0.3 is 11.9 Å². The Kier molecular flexibility index (Phi) is 15.5. The molecule has 0 rings (SSSR count). The molecule has 14 heteroatoms. The molecule has 3 amide bonds. The van der Waals surface area contributed by atoms with Gasteiger partial charge in [0.25, 0.3) is 0 Å². The minimum Gasteiger partial charge on any atom is -0.481 e. The van der Waals surface area contributed by atoms with Crippen LogP contribution in [0.1, 0.15) is 66.2 Å². The van der Waals surface area contributed by atoms with Gasteiger partial charge < -0.3 is 43.4 Å². The summed E-state index contributed by atoms with van der Waals surface area (Å²) < 4.78 is 0. The van der Waals surface area contributed by atoms with Crippen LogP contribution < -0.4 is 33.2 Å². The van der Waals surface area contributed by atoms with Crippen LogP contribution in [0.5, 0.6) is 0 Å². The van der Waals surface area contributed by atoms with E-state index in [2.05, 4.69) is 20.9 Å². The van der Waals surface area contributed by atoms with E-state index < -0.39 is 60.2 Å². The number of guanidine groups is 1. The Morgan fingerprint density at radius 3 is 1.86 bits per heavy atom. The van der Waals surface area contributed by atoms with Crippen molar-refractivity contribution in [2.45, 2.75) is 90.4 Å². The molecule has 14 nitrogen and oxygen atoms in total. The van der Waals surface area contributed by atoms with Crippen molar-refractivity contribution in [1.29, 1.82) is 0 Å². The third kappa shape index (κ3) is 14.0. The van der Waals surface area contributed by atoms with Crippen molar-refractivity contribution in [2.24, 2.45) is 34.0 Å². The van der Waals surface area contributed by atoms with E-state index in [9.17, 15) is 29.1 Å². The first-order valence-corrected chi connectivity index (χ1v) is 12.4. The molecule has 0 aliphatic heterocycles. The fourth-order valence-electron chi connectivity index (χ4n) is 3.33. The van der Waals surface area contributed by atoms with Crippen molar-refractivity contribution >= 4 is 35.6 Å². The number of nitrogens with zero attached hydrogens (tertiary/aromatic N) is 1. The van der Waals surface area contributed by atoms with Crippen molar-refractivity contribution in [3.8, 4) is 0 Å². The number of carboxylic acid groups (broad SMARTS) is 2. The molecule has 0 aliphatic carbocycles. The van der Waals surface area contributed by atoms with Gasteiger partial charge in [0, 0.05) is 13.0 Å². The molecule has 37 heavy (non-hydrogen) atoms. The van der Waals surface area contributed by atoms with Crippen molar-refractivity contribution < 1.29 is 34.2 Å². The van der Waals surface area contributed by atoms with Gasteiger partial charge in [0.1, 0.15) is 18.1 Å². The normalized spacial score (nSPS) is 15.0. The standard InChI is InChI=1S/C23H43N7O7/c1-5-13(4)18(24)21(35)28-14(7-6-10-27-23(25)26)19(33)30-16(11-12(2)3)20(34)29-15(22(36)37)8-9-17(31)32/h12-16,18H,5-11,24H2,1-4H3,(H,28,35)(H,29,34)(H,30,33)(H,31,32)(H,36,37)(H4,25,26,27). The highest BCUT2D eigenvalue weighted by atomic mass is 16.4. The fraction of sp³-hybridized carbons (Fsp3) is 0.739. The van der Waals surface area contributed by atoms with Crippen molar-refractivity contribution in [2.75, 3.05) is 6.54 Å². The zero-order valence-corrected chi connectivity index (χ0v) is 22.0. The highest BCUT2D eigenvalue weighted by molar-refractivity contribution is 5.94. The van der Waals surface area contributed by atoms with Crippen LogP contribution in [0.2, 0.25) is 0 Å². The number of nitrogens with two attached hydrogens (primary N) is 3. The highest BCUT2D eigenvalue weighted by Gasteiger charge is 2.31. The largest absolute Gasteiger partial charge is 0.481 e. The van der Waals surface area contributed by atoms with Gasteiger partial charge in [0.15, 0.2) is 5.96 Å². The molecule has 0 saturated heterocycles. The maximum absolute atomic E-state index is 13.2. The summed E-state index contributed by atoms with van der Waals surface area (Å²) in [4.78, 5) is 64.9. The summed E-state index contributed by atoms with van der Waals surface area (Å²) in [6.45, 7) is 7.52. The average molecular weight is 530 g/mol. The molecule has 0 saturated carbocycles. The lowest BCUT2D eigenvalue weighted by molar-refractivity contribution is -0.143. The van der Waals surface area contributed by atoms with E-state index in [1.165, 1.54) is 0 Å². The van der Waals surface area contributed by atoms with E-state index in [1.807, 2.05) is 27.7 Å². The SMILES string of the molecule is CCC(C)C(N)C(=O)NC(CCCN=C(N)N)C(=O)NC(CC(C)C)C(=O)NC(CCC(=O)O)C(=O)O. The van der Waals surface area contributed by atoms with Crippen LogP contribution in [0, 0.1) is 11.8 Å². The monoisotopic (exact) mass is 529 g/mol. The summed E-state index contributed by atoms with van der Waals surface area (Å²) in [6.07, 6.45) is 0.526. The summed E-state index contributed by atoms with van der Waals surface area (Å²) in [6, 6.07) is -4.47. The second kappa shape index (κ2) is 17.1. The molecule has 5 unspecified atom stereocenters. The van der Waals surface area contributed by atoms with E-state index in [0.717, 1.165) is 0 Å². The summed E-state index contributed by atoms with van der Waals surface area (Å²) >= 11 is 0. The number of carbonyl (C=O) groups excluding carboxylic acids is 3. The zero-order chi connectivity index (χ0) is 28.7. The summed E-state index contributed by atoms with van der Waals surface area (Å²) in [7, 11) is 0. The molecular weight excluding hydrogens is 486 g/mol. The van der Waals surface area contributed by atoms with Crippen LogP contribution in [-0.2, 0) is 24.0 Å². The van der Waals surface area contributed by atoms with Crippen LogP contribution in [0.3, 0.4) is 0 Å². The predicted molar refractivity (Wildman–Crippen MR) is 137 cm³/mol. The molecule has 0 spiro atoms. The maximum atomic E-state index is 13.2. The average Bonchev–Trinajstić information content (AvgIpc) is 2.80. The van der Waals surface area contributed by atoms with E-state index in [4.69, 9.17) is 22.3 Å². The van der Waals surface area contributed by atoms with E-state index in [0.29, 0.717) is 12.8 Å². The van der Waals surface area contributed by atoms with Gasteiger partial charge in [-0.1, -0.05) is 34.1 Å². The molecule has 0 aliphatic rings. The van der Waals surface area contributed by atoms with Crippen LogP contribution >= 0.6 is 0 Å². The number of rotatable bonds is 18. The smallest absolute Gasteiger partial charge is 0.326 e. The first-order valence-electron chi connectivity index (χ1n) is 12.4. The second-order valence-corrected chi connectivity index (χ2v) is 9.44. The lowest BCUT2D eigenvalue weighted by atomic mass is 9.98. The number of hydrogen-bond donors (Lipinski definition) is 8. The van der Waals surface area contributed by atoms with Crippen molar-refractivity contribution in [3.63, 3.8) is 0 Å². The Balaban J connectivity index is 5.66. The molecule has 0 fully saturated rings. The molecule has 0 aromatic rings. The van der Waals surface area contributed by atoms with E-state index >= 15 is 0 Å². The van der Waals surface area contributed by atoms with Crippen LogP contribution in [0.15, 0.2) is 4.99 Å². The molecule has 0 aromatic heterocycles. The Labute approximate surface area is 217 Å². The topological polar surface area (TPSA) is 252 Å². The molecule has 0 radical (unpaired) electrons. The Morgan fingerprint density at radius 2 is 1.38 bits per heavy atom. The second-order valence-electron chi connectivity index (χ2n) is 9.44. The van der Waals surface area contributed by atoms with E-state index in [-0.39, 0.29) is 43.6 Å². The Bertz CT molecular complexity index is 815. The van der Waals surface area contributed by atoms with Gasteiger partial charge in [0.2, 0.25) is 17.7 Å². The maximum Gasteiger partial charge on any atom is 0.326 e. The number of carboxylic acids is 2. The van der Waals surface area contributed by atoms with Crippen molar-refractivity contribution in [3.05, 3.63) is 0 Å². The van der Waals surface area contributed by atoms with Gasteiger partial charge in [-0.15, -0.1) is 0 Å². The summed E-state index contributed by atoms with van der Waals surface area (Å²) in [5.74, 6) is -4.88. The number of amides is 3. The summed E-state index contributed by atoms with van der Waals surface area (Å²) in [5, 5.41) is 25.7. The molecule has 5 atom stereocenters. The molecule has 212 valence electrons. The van der Waals surface area contributed by atoms with Crippen LogP contribution in [0.4, 0.5) is 0 Å². The number of aliphatic carboxylic acids is 2. The molecule has 0 heterocycles. The first-order chi connectivity index (χ1) is 17.2. The minimum absolute atomic E-state index is 0.0629. The molecule has 0 aromatic carbocycles. The van der Waals surface area contributed by atoms with Gasteiger partial charge in [0.05, 0.1) is 6.04 Å². The van der Waals surface area contributed by atoms with Crippen molar-refractivity contribution in [1.82, 2.24) is 16.0 Å². The Hall–Kier alpha value is -3.42. The molecule has 11 N–H and O–H groups in total. The lowest BCUT2D eigenvalue weighted by Crippen LogP contribution is -2.57. The predicted octanol–water partition coefficient (Wildman–Crippen LogP) is -1.14. The number of nitrogens with one attached hydrogen (secondary N) is 3. The zero-order valence-electron chi connectivity index (χ0n) is 22.0. The Morgan fingerprint density at radius 1 is 0.838 bits per heavy atom. The van der Waals surface area contributed by atoms with Crippen LogP contribution in [0.25, 0.3) is 0 Å². The minimum atomic E-state index is -1.45. The van der Waals surface area contributed by atoms with Gasteiger partial charge in [-0.25, -0.2) is 4.79 Å². The highest BCUT2D eigenvalue weighted by Crippen LogP contribution is 2.10. The fourth-order valence-corrected chi connectivity index (χ4v) is 3.33. The van der Waals surface area contributed by atoms with Gasteiger partial charge in [-0.2, -0.15) is 0 Å². The molecular formula is C23H43N7O7. The quantitative estimate of drug-likeness (QED) is 0.0601. The first kappa shape index (κ1) is 33.6.